The molecule has 0 aliphatic rings. The lowest BCUT2D eigenvalue weighted by Crippen LogP contribution is -2.11. The smallest absolute Gasteiger partial charge is 0.126 e. The Bertz CT molecular complexity index is 314. The van der Waals surface area contributed by atoms with E-state index in [9.17, 15) is 4.39 Å². The summed E-state index contributed by atoms with van der Waals surface area (Å²) in [7, 11) is 1.53. The van der Waals surface area contributed by atoms with Crippen LogP contribution in [-0.4, -0.2) is 7.11 Å². The third-order valence-corrected chi connectivity index (χ3v) is 2.46. The minimum Gasteiger partial charge on any atom is -0.496 e. The van der Waals surface area contributed by atoms with Gasteiger partial charge >= 0.3 is 0 Å². The van der Waals surface area contributed by atoms with E-state index in [-0.39, 0.29) is 11.9 Å². The largest absolute Gasteiger partial charge is 0.496 e. The molecule has 0 aliphatic carbocycles. The number of ether oxygens (including phenoxy) is 1. The number of rotatable bonds is 5. The van der Waals surface area contributed by atoms with Crippen molar-refractivity contribution in [1.29, 1.82) is 0 Å². The van der Waals surface area contributed by atoms with Crippen LogP contribution < -0.4 is 10.5 Å². The molecule has 3 heteroatoms. The van der Waals surface area contributed by atoms with Gasteiger partial charge in [0.15, 0.2) is 0 Å². The van der Waals surface area contributed by atoms with Gasteiger partial charge in [0, 0.05) is 17.7 Å². The SMILES string of the molecule is CCCC[C@@H](N)c1ccc(F)cc1OC. The molecule has 0 saturated carbocycles. The summed E-state index contributed by atoms with van der Waals surface area (Å²) in [4.78, 5) is 0. The third-order valence-electron chi connectivity index (χ3n) is 2.46. The fourth-order valence-electron chi connectivity index (χ4n) is 1.57. The van der Waals surface area contributed by atoms with Crippen LogP contribution in [0, 0.1) is 5.82 Å². The lowest BCUT2D eigenvalue weighted by Gasteiger charge is -2.15. The van der Waals surface area contributed by atoms with E-state index in [0.717, 1.165) is 24.8 Å². The highest BCUT2D eigenvalue weighted by molar-refractivity contribution is 5.36. The van der Waals surface area contributed by atoms with E-state index >= 15 is 0 Å². The van der Waals surface area contributed by atoms with Crippen LogP contribution in [0.15, 0.2) is 18.2 Å². The molecular weight excluding hydrogens is 193 g/mol. The summed E-state index contributed by atoms with van der Waals surface area (Å²) in [5.41, 5.74) is 6.89. The van der Waals surface area contributed by atoms with Gasteiger partial charge in [0.2, 0.25) is 0 Å². The second-order valence-corrected chi connectivity index (χ2v) is 3.63. The van der Waals surface area contributed by atoms with Gasteiger partial charge in [-0.2, -0.15) is 0 Å². The van der Waals surface area contributed by atoms with Gasteiger partial charge in [-0.3, -0.25) is 0 Å². The molecule has 0 heterocycles. The van der Waals surface area contributed by atoms with Crippen molar-refractivity contribution in [3.05, 3.63) is 29.6 Å². The Labute approximate surface area is 90.2 Å². The van der Waals surface area contributed by atoms with Crippen molar-refractivity contribution >= 4 is 0 Å². The summed E-state index contributed by atoms with van der Waals surface area (Å²) in [6.45, 7) is 2.12. The van der Waals surface area contributed by atoms with Crippen LogP contribution in [0.4, 0.5) is 4.39 Å². The molecule has 0 aromatic heterocycles. The van der Waals surface area contributed by atoms with Gasteiger partial charge in [0.05, 0.1) is 7.11 Å². The van der Waals surface area contributed by atoms with E-state index in [4.69, 9.17) is 10.5 Å². The van der Waals surface area contributed by atoms with Crippen LogP contribution in [0.2, 0.25) is 0 Å². The van der Waals surface area contributed by atoms with Gasteiger partial charge in [-0.25, -0.2) is 4.39 Å². The Balaban J connectivity index is 2.82. The third kappa shape index (κ3) is 3.20. The molecule has 84 valence electrons. The maximum Gasteiger partial charge on any atom is 0.126 e. The van der Waals surface area contributed by atoms with Gasteiger partial charge in [0.25, 0.3) is 0 Å². The monoisotopic (exact) mass is 211 g/mol. The van der Waals surface area contributed by atoms with Crippen LogP contribution in [0.5, 0.6) is 5.75 Å². The number of halogens is 1. The quantitative estimate of drug-likeness (QED) is 0.812. The predicted octanol–water partition coefficient (Wildman–Crippen LogP) is 3.02. The standard InChI is InChI=1S/C12H18FNO/c1-3-4-5-11(14)10-7-6-9(13)8-12(10)15-2/h6-8,11H,3-5,14H2,1-2H3/t11-/m1/s1. The first-order valence-electron chi connectivity index (χ1n) is 5.28. The molecule has 0 bridgehead atoms. The molecule has 0 amide bonds. The second-order valence-electron chi connectivity index (χ2n) is 3.63. The lowest BCUT2D eigenvalue weighted by molar-refractivity contribution is 0.400. The number of methoxy groups -OCH3 is 1. The molecule has 0 aliphatic heterocycles. The number of benzene rings is 1. The fraction of sp³-hybridized carbons (Fsp3) is 0.500. The molecule has 1 aromatic rings. The molecule has 0 radical (unpaired) electrons. The van der Waals surface area contributed by atoms with Crippen LogP contribution in [-0.2, 0) is 0 Å². The Morgan fingerprint density at radius 1 is 1.47 bits per heavy atom. The first-order chi connectivity index (χ1) is 7.19. The maximum absolute atomic E-state index is 12.9. The maximum atomic E-state index is 12.9. The van der Waals surface area contributed by atoms with E-state index in [1.165, 1.54) is 19.2 Å². The highest BCUT2D eigenvalue weighted by atomic mass is 19.1. The molecule has 0 unspecified atom stereocenters. The molecular formula is C12H18FNO. The zero-order valence-electron chi connectivity index (χ0n) is 9.29. The average molecular weight is 211 g/mol. The van der Waals surface area contributed by atoms with Crippen LogP contribution in [0.3, 0.4) is 0 Å². The molecule has 15 heavy (non-hydrogen) atoms. The van der Waals surface area contributed by atoms with Crippen molar-refractivity contribution in [2.45, 2.75) is 32.2 Å². The van der Waals surface area contributed by atoms with Crippen LogP contribution in [0.25, 0.3) is 0 Å². The van der Waals surface area contributed by atoms with Crippen molar-refractivity contribution in [1.82, 2.24) is 0 Å². The van der Waals surface area contributed by atoms with E-state index in [1.807, 2.05) is 0 Å². The van der Waals surface area contributed by atoms with Crippen molar-refractivity contribution in [3.63, 3.8) is 0 Å². The predicted molar refractivity (Wildman–Crippen MR) is 59.4 cm³/mol. The first-order valence-corrected chi connectivity index (χ1v) is 5.28. The number of unbranched alkanes of at least 4 members (excludes halogenated alkanes) is 1. The molecule has 1 rings (SSSR count). The summed E-state index contributed by atoms with van der Waals surface area (Å²) in [6, 6.07) is 4.43. The number of hydrogen-bond acceptors (Lipinski definition) is 2. The molecule has 0 saturated heterocycles. The highest BCUT2D eigenvalue weighted by Crippen LogP contribution is 2.27. The van der Waals surface area contributed by atoms with E-state index in [0.29, 0.717) is 5.75 Å². The normalized spacial score (nSPS) is 12.5. The van der Waals surface area contributed by atoms with Gasteiger partial charge in [0.1, 0.15) is 11.6 Å². The van der Waals surface area contributed by atoms with E-state index in [2.05, 4.69) is 6.92 Å². The van der Waals surface area contributed by atoms with Gasteiger partial charge in [-0.05, 0) is 12.5 Å². The minimum absolute atomic E-state index is 0.0690. The summed E-state index contributed by atoms with van der Waals surface area (Å²) >= 11 is 0. The van der Waals surface area contributed by atoms with Crippen LogP contribution in [0.1, 0.15) is 37.8 Å². The zero-order valence-corrected chi connectivity index (χ0v) is 9.29. The Morgan fingerprint density at radius 2 is 2.20 bits per heavy atom. The highest BCUT2D eigenvalue weighted by Gasteiger charge is 2.11. The first kappa shape index (κ1) is 12.0. The lowest BCUT2D eigenvalue weighted by atomic mass is 10.0. The molecule has 2 nitrogen and oxygen atoms in total. The fourth-order valence-corrected chi connectivity index (χ4v) is 1.57. The molecule has 1 aromatic carbocycles. The Hall–Kier alpha value is -1.09. The minimum atomic E-state index is -0.293. The Kier molecular flexibility index (Phi) is 4.56. The molecule has 0 fully saturated rings. The van der Waals surface area contributed by atoms with E-state index < -0.39 is 0 Å². The second kappa shape index (κ2) is 5.71. The zero-order chi connectivity index (χ0) is 11.3. The Morgan fingerprint density at radius 3 is 2.80 bits per heavy atom. The summed E-state index contributed by atoms with van der Waals surface area (Å²) < 4.78 is 18.0. The number of hydrogen-bond donors (Lipinski definition) is 1. The van der Waals surface area contributed by atoms with Crippen molar-refractivity contribution < 1.29 is 9.13 Å². The number of nitrogens with two attached hydrogens (primary N) is 1. The van der Waals surface area contributed by atoms with Crippen molar-refractivity contribution in [3.8, 4) is 5.75 Å². The average Bonchev–Trinajstić information content (AvgIpc) is 2.25. The van der Waals surface area contributed by atoms with Gasteiger partial charge < -0.3 is 10.5 Å². The summed E-state index contributed by atoms with van der Waals surface area (Å²) in [6.07, 6.45) is 3.08. The topological polar surface area (TPSA) is 35.2 Å². The molecule has 1 atom stereocenters. The molecule has 2 N–H and O–H groups in total. The van der Waals surface area contributed by atoms with E-state index in [1.54, 1.807) is 6.07 Å². The van der Waals surface area contributed by atoms with Crippen molar-refractivity contribution in [2.75, 3.05) is 7.11 Å². The molecule has 0 spiro atoms. The summed E-state index contributed by atoms with van der Waals surface area (Å²) in [5.74, 6) is 0.247. The van der Waals surface area contributed by atoms with Gasteiger partial charge in [-0.1, -0.05) is 25.8 Å². The van der Waals surface area contributed by atoms with Crippen molar-refractivity contribution in [2.24, 2.45) is 5.73 Å². The van der Waals surface area contributed by atoms with Crippen LogP contribution >= 0.6 is 0 Å². The summed E-state index contributed by atoms with van der Waals surface area (Å²) in [5, 5.41) is 0. The van der Waals surface area contributed by atoms with Gasteiger partial charge in [-0.15, -0.1) is 0 Å².